The van der Waals surface area contributed by atoms with Gasteiger partial charge in [0.25, 0.3) is 0 Å². The molecule has 2 aliphatic carbocycles. The molecule has 0 spiro atoms. The number of benzene rings is 3. The van der Waals surface area contributed by atoms with Crippen molar-refractivity contribution in [1.29, 1.82) is 0 Å². The van der Waals surface area contributed by atoms with Crippen LogP contribution >= 0.6 is 0 Å². The lowest BCUT2D eigenvalue weighted by molar-refractivity contribution is -0.247. The van der Waals surface area contributed by atoms with Crippen LogP contribution in [0.1, 0.15) is 74.4 Å². The zero-order chi connectivity index (χ0) is 37.6. The lowest BCUT2D eigenvalue weighted by atomic mass is 9.72. The van der Waals surface area contributed by atoms with Gasteiger partial charge in [-0.15, -0.1) is 0 Å². The third kappa shape index (κ3) is 6.37. The summed E-state index contributed by atoms with van der Waals surface area (Å²) in [5.41, 5.74) is 2.48. The van der Waals surface area contributed by atoms with Crippen LogP contribution in [0.3, 0.4) is 0 Å². The molecule has 1 aliphatic heterocycles. The van der Waals surface area contributed by atoms with Crippen molar-refractivity contribution in [1.82, 2.24) is 0 Å². The van der Waals surface area contributed by atoms with E-state index >= 15 is 0 Å². The molecule has 0 aromatic heterocycles. The van der Waals surface area contributed by atoms with Crippen molar-refractivity contribution in [3.8, 4) is 28.7 Å². The molecule has 1 saturated heterocycles. The molecule has 1 fully saturated rings. The molecule has 0 bridgehead atoms. The second-order valence-electron chi connectivity index (χ2n) is 12.9. The van der Waals surface area contributed by atoms with Gasteiger partial charge in [0, 0.05) is 48.1 Å². The molecule has 52 heavy (non-hydrogen) atoms. The smallest absolute Gasteiger partial charge is 0.331 e. The molecule has 7 N–H and O–H groups in total. The second kappa shape index (κ2) is 14.0. The van der Waals surface area contributed by atoms with Crippen LogP contribution in [-0.4, -0.2) is 99.8 Å². The van der Waals surface area contributed by atoms with E-state index in [4.69, 9.17) is 29.4 Å². The van der Waals surface area contributed by atoms with E-state index in [-0.39, 0.29) is 45.9 Å². The third-order valence-electron chi connectivity index (χ3n) is 9.62. The molecule has 3 aromatic carbocycles. The highest BCUT2D eigenvalue weighted by Gasteiger charge is 2.50. The Morgan fingerprint density at radius 3 is 2.40 bits per heavy atom. The lowest BCUT2D eigenvalue weighted by Crippen LogP contribution is -2.53. The highest BCUT2D eigenvalue weighted by molar-refractivity contribution is 6.31. The van der Waals surface area contributed by atoms with Crippen molar-refractivity contribution in [3.05, 3.63) is 81.4 Å². The van der Waals surface area contributed by atoms with Gasteiger partial charge in [-0.25, -0.2) is 4.79 Å². The number of ether oxygens (including phenoxy) is 5. The first kappa shape index (κ1) is 36.5. The largest absolute Gasteiger partial charge is 0.507 e. The molecule has 3 aliphatic rings. The summed E-state index contributed by atoms with van der Waals surface area (Å²) in [4.78, 5) is 53.9. The van der Waals surface area contributed by atoms with Gasteiger partial charge >= 0.3 is 5.97 Å². The molecule has 1 heterocycles. The number of aromatic hydroxyl groups is 3. The molecule has 15 heteroatoms. The van der Waals surface area contributed by atoms with Crippen LogP contribution in [0.4, 0.5) is 0 Å². The van der Waals surface area contributed by atoms with E-state index in [1.165, 1.54) is 56.7 Å². The number of hydrogen-bond acceptors (Lipinski definition) is 15. The number of phenols is 3. The number of methoxy groups -OCH3 is 2. The number of esters is 1. The Hall–Kier alpha value is -5.32. The molecule has 0 amide bonds. The maximum atomic E-state index is 13.9. The van der Waals surface area contributed by atoms with Crippen molar-refractivity contribution in [2.45, 2.75) is 62.4 Å². The highest BCUT2D eigenvalue weighted by atomic mass is 16.7. The Balaban J connectivity index is 1.34. The van der Waals surface area contributed by atoms with E-state index in [0.717, 1.165) is 6.08 Å². The van der Waals surface area contributed by atoms with Crippen molar-refractivity contribution < 1.29 is 68.4 Å². The number of rotatable bonds is 9. The van der Waals surface area contributed by atoms with E-state index < -0.39 is 102 Å². The molecule has 6 rings (SSSR count). The summed E-state index contributed by atoms with van der Waals surface area (Å²) in [7, 11) is 2.67. The van der Waals surface area contributed by atoms with Gasteiger partial charge in [0.2, 0.25) is 11.6 Å². The Morgan fingerprint density at radius 2 is 1.71 bits per heavy atom. The van der Waals surface area contributed by atoms with Crippen LogP contribution in [0, 0.1) is 0 Å². The normalized spacial score (nSPS) is 25.2. The minimum Gasteiger partial charge on any atom is -0.507 e. The predicted octanol–water partition coefficient (Wildman–Crippen LogP) is 1.98. The molecule has 15 nitrogen and oxygen atoms in total. The summed E-state index contributed by atoms with van der Waals surface area (Å²) in [5, 5.41) is 55.3. The van der Waals surface area contributed by atoms with Gasteiger partial charge in [0.1, 0.15) is 22.8 Å². The van der Waals surface area contributed by atoms with Crippen LogP contribution in [-0.2, 0) is 30.2 Å². The average Bonchev–Trinajstić information content (AvgIpc) is 3.12. The number of hydrogen-bond donors (Lipinski definition) is 6. The summed E-state index contributed by atoms with van der Waals surface area (Å²) in [6.45, 7) is 0.640. The standard InChI is InChI=1S/C37H37NO14/c1-16-32(42)20(38)12-27(51-16)52-24-14-37(47,25(40)15-50-26(41)10-8-17-7-9-21(39)23(11-17)49-3)13-19-29(24)36(46)31-30(34(19)44)33(43)18-5-4-6-22(48-2)28(18)35(31)45/h4-11,16,20,24,27,32,39,42,44,46-47H,12-15,38H2,1-3H3/b10-8+/t16-,20-,24-,27-,32+,37-/m0/s1. The van der Waals surface area contributed by atoms with Gasteiger partial charge < -0.3 is 55.0 Å². The number of phenolic OH excluding ortho intramolecular Hbond substituents is 3. The van der Waals surface area contributed by atoms with Gasteiger partial charge in [-0.3, -0.25) is 14.4 Å². The maximum Gasteiger partial charge on any atom is 0.331 e. The van der Waals surface area contributed by atoms with Crippen molar-refractivity contribution in [2.24, 2.45) is 5.73 Å². The van der Waals surface area contributed by atoms with Gasteiger partial charge in [0.05, 0.1) is 49.2 Å². The quantitative estimate of drug-likeness (QED) is 0.0823. The molecular weight excluding hydrogens is 682 g/mol. The van der Waals surface area contributed by atoms with E-state index in [1.807, 2.05) is 0 Å². The van der Waals surface area contributed by atoms with Gasteiger partial charge in [0.15, 0.2) is 30.2 Å². The fourth-order valence-corrected chi connectivity index (χ4v) is 6.88. The van der Waals surface area contributed by atoms with Crippen LogP contribution in [0.15, 0.2) is 42.5 Å². The molecule has 0 radical (unpaired) electrons. The van der Waals surface area contributed by atoms with Crippen LogP contribution < -0.4 is 15.2 Å². The van der Waals surface area contributed by atoms with Gasteiger partial charge in [-0.1, -0.05) is 18.2 Å². The summed E-state index contributed by atoms with van der Waals surface area (Å²) in [6, 6.07) is 7.85. The van der Waals surface area contributed by atoms with Gasteiger partial charge in [-0.05, 0) is 36.8 Å². The monoisotopic (exact) mass is 719 g/mol. The summed E-state index contributed by atoms with van der Waals surface area (Å²) in [6.07, 6.45) is -3.30. The molecule has 274 valence electrons. The van der Waals surface area contributed by atoms with Crippen molar-refractivity contribution in [3.63, 3.8) is 0 Å². The molecule has 0 unspecified atom stereocenters. The van der Waals surface area contributed by atoms with Crippen molar-refractivity contribution in [2.75, 3.05) is 20.8 Å². The van der Waals surface area contributed by atoms with Crippen molar-refractivity contribution >= 4 is 29.4 Å². The Morgan fingerprint density at radius 1 is 1.00 bits per heavy atom. The van der Waals surface area contributed by atoms with E-state index in [2.05, 4.69) is 0 Å². The summed E-state index contributed by atoms with van der Waals surface area (Å²) < 4.78 is 27.4. The summed E-state index contributed by atoms with van der Waals surface area (Å²) >= 11 is 0. The van der Waals surface area contributed by atoms with E-state index in [1.54, 1.807) is 6.92 Å². The predicted molar refractivity (Wildman–Crippen MR) is 179 cm³/mol. The number of aliphatic hydroxyl groups excluding tert-OH is 1. The van der Waals surface area contributed by atoms with Crippen LogP contribution in [0.25, 0.3) is 6.08 Å². The first-order valence-corrected chi connectivity index (χ1v) is 16.3. The number of nitrogens with two attached hydrogens (primary N) is 1. The van der Waals surface area contributed by atoms with Gasteiger partial charge in [-0.2, -0.15) is 0 Å². The van der Waals surface area contributed by atoms with Crippen LogP contribution in [0.5, 0.6) is 28.7 Å². The van der Waals surface area contributed by atoms with Crippen LogP contribution in [0.2, 0.25) is 0 Å². The number of carbonyl (C=O) groups is 4. The fourth-order valence-electron chi connectivity index (χ4n) is 6.88. The Bertz CT molecular complexity index is 1990. The molecule has 6 atom stereocenters. The number of aliphatic hydroxyl groups is 2. The SMILES string of the molecule is COc1cc(/C=C/C(=O)OCC(=O)[C@]2(O)Cc3c(O)c4c(c(O)c3[C@@H](O[C@H]3C[C@H](N)[C@H](O)[C@H](C)O3)C2)C(=O)c2c(OC)cccc2C4=O)ccc1O. The fraction of sp³-hybridized carbons (Fsp3) is 0.351. The molecule has 3 aromatic rings. The number of Topliss-reactive ketones (excluding diaryl/α,β-unsaturated/α-hetero) is 1. The third-order valence-corrected chi connectivity index (χ3v) is 9.62. The summed E-state index contributed by atoms with van der Waals surface area (Å²) in [5.74, 6) is -4.93. The highest BCUT2D eigenvalue weighted by Crippen LogP contribution is 2.52. The maximum absolute atomic E-state index is 13.9. The minimum atomic E-state index is -2.39. The number of fused-ring (bicyclic) bond motifs is 3. The molecular formula is C37H37NO14. The zero-order valence-corrected chi connectivity index (χ0v) is 28.3. The van der Waals surface area contributed by atoms with E-state index in [0.29, 0.717) is 5.56 Å². The second-order valence-corrected chi connectivity index (χ2v) is 12.9. The zero-order valence-electron chi connectivity index (χ0n) is 28.3. The Labute approximate surface area is 296 Å². The molecule has 0 saturated carbocycles. The van der Waals surface area contributed by atoms with E-state index in [9.17, 15) is 44.7 Å². The first-order valence-electron chi connectivity index (χ1n) is 16.3. The average molecular weight is 720 g/mol. The number of ketones is 3. The lowest BCUT2D eigenvalue weighted by Gasteiger charge is -2.42. The Kier molecular flexibility index (Phi) is 9.83. The number of carbonyl (C=O) groups excluding carboxylic acids is 4. The topological polar surface area (TPSA) is 242 Å². The minimum absolute atomic E-state index is 0.0414. The first-order chi connectivity index (χ1) is 24.7.